The van der Waals surface area contributed by atoms with Gasteiger partial charge < -0.3 is 14.8 Å². The highest BCUT2D eigenvalue weighted by atomic mass is 32.2. The number of nitrogens with zero attached hydrogens (tertiary/aromatic N) is 2. The maximum absolute atomic E-state index is 13.5. The van der Waals surface area contributed by atoms with E-state index in [2.05, 4.69) is 0 Å². The van der Waals surface area contributed by atoms with Crippen molar-refractivity contribution in [3.63, 3.8) is 0 Å². The second kappa shape index (κ2) is 9.19. The van der Waals surface area contributed by atoms with Crippen LogP contribution in [0.3, 0.4) is 0 Å². The molecular formula is C21H24N2O5S. The number of benzene rings is 2. The molecule has 0 radical (unpaired) electrons. The molecule has 1 aliphatic heterocycles. The number of sulfonamides is 1. The van der Waals surface area contributed by atoms with Gasteiger partial charge in [0.25, 0.3) is 0 Å². The third-order valence-electron chi connectivity index (χ3n) is 5.10. The summed E-state index contributed by atoms with van der Waals surface area (Å²) in [7, 11) is -3.86. The Morgan fingerprint density at radius 2 is 1.59 bits per heavy atom. The first-order valence-electron chi connectivity index (χ1n) is 9.47. The summed E-state index contributed by atoms with van der Waals surface area (Å²) >= 11 is 0. The van der Waals surface area contributed by atoms with Crippen LogP contribution in [-0.4, -0.2) is 60.3 Å². The standard InChI is InChI=1S/C21H24N2O5S/c24-13-7-10-18-15-22(21(25)26)16-19(14-17-8-3-1-4-9-17)23(18)29(27,28)20-11-5-2-6-12-20/h1-6,8-9,11-13,18-19H,7,10,14-16H2,(H,25,26). The molecule has 3 rings (SSSR count). The lowest BCUT2D eigenvalue weighted by Gasteiger charge is -2.45. The summed E-state index contributed by atoms with van der Waals surface area (Å²) in [5.41, 5.74) is 0.923. The van der Waals surface area contributed by atoms with Crippen LogP contribution in [0.25, 0.3) is 0 Å². The van der Waals surface area contributed by atoms with Crippen LogP contribution in [0.15, 0.2) is 65.6 Å². The summed E-state index contributed by atoms with van der Waals surface area (Å²) in [6.07, 6.45) is 0.464. The van der Waals surface area contributed by atoms with E-state index in [0.29, 0.717) is 6.42 Å². The lowest BCUT2D eigenvalue weighted by molar-refractivity contribution is -0.108. The molecule has 0 spiro atoms. The van der Waals surface area contributed by atoms with Crippen molar-refractivity contribution < 1.29 is 23.1 Å². The van der Waals surface area contributed by atoms with Crippen LogP contribution in [0, 0.1) is 0 Å². The van der Waals surface area contributed by atoms with E-state index < -0.39 is 28.2 Å². The van der Waals surface area contributed by atoms with Gasteiger partial charge >= 0.3 is 6.09 Å². The zero-order valence-corrected chi connectivity index (χ0v) is 16.7. The van der Waals surface area contributed by atoms with E-state index in [1.54, 1.807) is 18.2 Å². The van der Waals surface area contributed by atoms with E-state index in [0.717, 1.165) is 11.8 Å². The van der Waals surface area contributed by atoms with Gasteiger partial charge in [-0.3, -0.25) is 0 Å². The van der Waals surface area contributed by atoms with E-state index in [-0.39, 0.29) is 30.8 Å². The van der Waals surface area contributed by atoms with Gasteiger partial charge in [-0.25, -0.2) is 13.2 Å². The number of carbonyl (C=O) groups excluding carboxylic acids is 1. The fourth-order valence-electron chi connectivity index (χ4n) is 3.82. The van der Waals surface area contributed by atoms with Gasteiger partial charge in [0.2, 0.25) is 10.0 Å². The topological polar surface area (TPSA) is 95.0 Å². The minimum atomic E-state index is -3.86. The summed E-state index contributed by atoms with van der Waals surface area (Å²) in [5.74, 6) is 0. The van der Waals surface area contributed by atoms with Crippen molar-refractivity contribution in [3.8, 4) is 0 Å². The fourth-order valence-corrected chi connectivity index (χ4v) is 5.67. The number of amides is 1. The van der Waals surface area contributed by atoms with Crippen LogP contribution in [-0.2, 0) is 21.2 Å². The van der Waals surface area contributed by atoms with Gasteiger partial charge in [0, 0.05) is 31.6 Å². The third kappa shape index (κ3) is 4.83. The molecule has 154 valence electrons. The summed E-state index contributed by atoms with van der Waals surface area (Å²) < 4.78 is 28.4. The molecule has 2 aromatic rings. The van der Waals surface area contributed by atoms with Crippen molar-refractivity contribution in [2.45, 2.75) is 36.2 Å². The Labute approximate surface area is 170 Å². The molecule has 1 amide bonds. The highest BCUT2D eigenvalue weighted by Gasteiger charge is 2.43. The SMILES string of the molecule is O=CCCC1CN(C(=O)O)CC(Cc2ccccc2)N1S(=O)(=O)c1ccccc1. The molecular weight excluding hydrogens is 392 g/mol. The number of hydrogen-bond acceptors (Lipinski definition) is 4. The van der Waals surface area contributed by atoms with Crippen molar-refractivity contribution in [2.75, 3.05) is 13.1 Å². The van der Waals surface area contributed by atoms with Crippen molar-refractivity contribution in [3.05, 3.63) is 66.2 Å². The first-order valence-corrected chi connectivity index (χ1v) is 10.9. The highest BCUT2D eigenvalue weighted by Crippen LogP contribution is 2.29. The molecule has 0 bridgehead atoms. The van der Waals surface area contributed by atoms with Crippen LogP contribution in [0.1, 0.15) is 18.4 Å². The van der Waals surface area contributed by atoms with Crippen molar-refractivity contribution in [1.29, 1.82) is 0 Å². The number of carbonyl (C=O) groups is 2. The van der Waals surface area contributed by atoms with Crippen LogP contribution in [0.4, 0.5) is 4.79 Å². The maximum Gasteiger partial charge on any atom is 0.407 e. The van der Waals surface area contributed by atoms with Crippen LogP contribution in [0.2, 0.25) is 0 Å². The molecule has 1 saturated heterocycles. The predicted octanol–water partition coefficient (Wildman–Crippen LogP) is 2.63. The molecule has 8 heteroatoms. The Balaban J connectivity index is 2.03. The lowest BCUT2D eigenvalue weighted by Crippen LogP contribution is -2.61. The molecule has 1 fully saturated rings. The first kappa shape index (κ1) is 21.0. The summed E-state index contributed by atoms with van der Waals surface area (Å²) in [6.45, 7) is 0.119. The fraction of sp³-hybridized carbons (Fsp3) is 0.333. The van der Waals surface area contributed by atoms with Gasteiger partial charge in [0.15, 0.2) is 0 Å². The molecule has 2 atom stereocenters. The minimum absolute atomic E-state index is 0.0422. The predicted molar refractivity (Wildman–Crippen MR) is 108 cm³/mol. The minimum Gasteiger partial charge on any atom is -0.465 e. The Kier molecular flexibility index (Phi) is 6.66. The molecule has 1 aliphatic rings. The van der Waals surface area contributed by atoms with E-state index in [9.17, 15) is 23.1 Å². The van der Waals surface area contributed by atoms with Crippen molar-refractivity contribution >= 4 is 22.4 Å². The molecule has 0 aromatic heterocycles. The molecule has 29 heavy (non-hydrogen) atoms. The van der Waals surface area contributed by atoms with Crippen LogP contribution in [0.5, 0.6) is 0 Å². The molecule has 1 heterocycles. The van der Waals surface area contributed by atoms with Crippen LogP contribution < -0.4 is 0 Å². The number of piperazine rings is 1. The van der Waals surface area contributed by atoms with Gasteiger partial charge in [0.1, 0.15) is 6.29 Å². The number of rotatable bonds is 7. The quantitative estimate of drug-likeness (QED) is 0.700. The average Bonchev–Trinajstić information content (AvgIpc) is 2.73. The Bertz CT molecular complexity index is 934. The molecule has 0 aliphatic carbocycles. The molecule has 0 saturated carbocycles. The smallest absolute Gasteiger partial charge is 0.407 e. The summed E-state index contributed by atoms with van der Waals surface area (Å²) in [5, 5.41) is 9.56. The second-order valence-electron chi connectivity index (χ2n) is 7.08. The second-order valence-corrected chi connectivity index (χ2v) is 8.92. The Morgan fingerprint density at radius 1 is 1.00 bits per heavy atom. The first-order chi connectivity index (χ1) is 13.9. The Hall–Kier alpha value is -2.71. The van der Waals surface area contributed by atoms with Crippen molar-refractivity contribution in [1.82, 2.24) is 9.21 Å². The Morgan fingerprint density at radius 3 is 2.17 bits per heavy atom. The van der Waals surface area contributed by atoms with Crippen LogP contribution >= 0.6 is 0 Å². The number of hydrogen-bond donors (Lipinski definition) is 1. The van der Waals surface area contributed by atoms with Gasteiger partial charge in [-0.05, 0) is 30.5 Å². The van der Waals surface area contributed by atoms with Gasteiger partial charge in [0.05, 0.1) is 4.90 Å². The monoisotopic (exact) mass is 416 g/mol. The average molecular weight is 416 g/mol. The van der Waals surface area contributed by atoms with E-state index in [1.165, 1.54) is 21.3 Å². The van der Waals surface area contributed by atoms with E-state index >= 15 is 0 Å². The van der Waals surface area contributed by atoms with Crippen molar-refractivity contribution in [2.24, 2.45) is 0 Å². The zero-order valence-electron chi connectivity index (χ0n) is 15.9. The highest BCUT2D eigenvalue weighted by molar-refractivity contribution is 7.89. The summed E-state index contributed by atoms with van der Waals surface area (Å²) in [6, 6.07) is 16.4. The largest absolute Gasteiger partial charge is 0.465 e. The van der Waals surface area contributed by atoms with E-state index in [1.807, 2.05) is 30.3 Å². The molecule has 7 nitrogen and oxygen atoms in total. The lowest BCUT2D eigenvalue weighted by atomic mass is 10.00. The zero-order chi connectivity index (χ0) is 20.9. The summed E-state index contributed by atoms with van der Waals surface area (Å²) in [4.78, 5) is 24.1. The molecule has 2 aromatic carbocycles. The van der Waals surface area contributed by atoms with Gasteiger partial charge in [-0.1, -0.05) is 48.5 Å². The van der Waals surface area contributed by atoms with Gasteiger partial charge in [-0.15, -0.1) is 0 Å². The van der Waals surface area contributed by atoms with Gasteiger partial charge in [-0.2, -0.15) is 4.31 Å². The molecule has 2 unspecified atom stereocenters. The number of aldehydes is 1. The third-order valence-corrected chi connectivity index (χ3v) is 7.12. The normalized spacial score (nSPS) is 20.3. The number of carboxylic acid groups (broad SMARTS) is 1. The maximum atomic E-state index is 13.5. The van der Waals surface area contributed by atoms with E-state index in [4.69, 9.17) is 0 Å². The molecule has 1 N–H and O–H groups in total.